The van der Waals surface area contributed by atoms with Crippen LogP contribution < -0.4 is 14.5 Å². The summed E-state index contributed by atoms with van der Waals surface area (Å²) in [6.07, 6.45) is 1.06. The van der Waals surface area contributed by atoms with Gasteiger partial charge in [-0.3, -0.25) is 9.10 Å². The fraction of sp³-hybridized carbons (Fsp3) is 0.300. The Bertz CT molecular complexity index is 952. The van der Waals surface area contributed by atoms with Crippen LogP contribution in [-0.4, -0.2) is 39.4 Å². The number of aryl methyl sites for hydroxylation is 1. The van der Waals surface area contributed by atoms with Crippen molar-refractivity contribution in [1.29, 1.82) is 0 Å². The van der Waals surface area contributed by atoms with E-state index in [2.05, 4.69) is 10.5 Å². The molecule has 0 aliphatic rings. The standard InChI is InChI=1S/C20H25N3O4S/c1-14-6-8-17(9-7-14)15(2)21-22-20(24)16(3)23(28(5,25)26)18-10-12-19(27-4)13-11-18/h6-13,16H,1-5H3,(H,22,24)/b21-15-/t16-/m0/s1. The van der Waals surface area contributed by atoms with Gasteiger partial charge < -0.3 is 4.74 Å². The molecule has 28 heavy (non-hydrogen) atoms. The molecule has 0 aromatic heterocycles. The third-order valence-electron chi connectivity index (χ3n) is 4.22. The Morgan fingerprint density at radius 2 is 1.68 bits per heavy atom. The van der Waals surface area contributed by atoms with Crippen LogP contribution >= 0.6 is 0 Å². The Morgan fingerprint density at radius 1 is 1.11 bits per heavy atom. The fourth-order valence-corrected chi connectivity index (χ4v) is 3.80. The predicted octanol–water partition coefficient (Wildman–Crippen LogP) is 2.70. The van der Waals surface area contributed by atoms with E-state index in [1.165, 1.54) is 14.0 Å². The first kappa shape index (κ1) is 21.4. The molecule has 0 spiro atoms. The van der Waals surface area contributed by atoms with Gasteiger partial charge in [-0.05, 0) is 50.6 Å². The number of benzene rings is 2. The van der Waals surface area contributed by atoms with Crippen molar-refractivity contribution in [3.63, 3.8) is 0 Å². The van der Waals surface area contributed by atoms with Crippen LogP contribution in [0.3, 0.4) is 0 Å². The van der Waals surface area contributed by atoms with Gasteiger partial charge >= 0.3 is 0 Å². The molecule has 2 aromatic rings. The number of ether oxygens (including phenoxy) is 1. The normalized spacial score (nSPS) is 13.0. The lowest BCUT2D eigenvalue weighted by Gasteiger charge is -2.27. The highest BCUT2D eigenvalue weighted by Gasteiger charge is 2.29. The van der Waals surface area contributed by atoms with Crippen LogP contribution in [0.25, 0.3) is 0 Å². The van der Waals surface area contributed by atoms with Crippen molar-refractivity contribution < 1.29 is 17.9 Å². The third-order valence-corrected chi connectivity index (χ3v) is 5.46. The molecule has 0 unspecified atom stereocenters. The molecule has 150 valence electrons. The molecule has 1 amide bonds. The maximum Gasteiger partial charge on any atom is 0.263 e. The number of hydrogen-bond acceptors (Lipinski definition) is 5. The number of hydrogen-bond donors (Lipinski definition) is 1. The van der Waals surface area contributed by atoms with Crippen molar-refractivity contribution in [2.24, 2.45) is 5.10 Å². The molecule has 1 N–H and O–H groups in total. The van der Waals surface area contributed by atoms with E-state index in [1.54, 1.807) is 31.2 Å². The number of carbonyl (C=O) groups excluding carboxylic acids is 1. The van der Waals surface area contributed by atoms with Gasteiger partial charge in [-0.2, -0.15) is 5.10 Å². The zero-order chi connectivity index (χ0) is 20.9. The van der Waals surface area contributed by atoms with Crippen molar-refractivity contribution in [1.82, 2.24) is 5.43 Å². The van der Waals surface area contributed by atoms with Crippen LogP contribution in [0.15, 0.2) is 53.6 Å². The number of nitrogens with one attached hydrogen (secondary N) is 1. The fourth-order valence-electron chi connectivity index (χ4n) is 2.63. The summed E-state index contributed by atoms with van der Waals surface area (Å²) in [5, 5.41) is 4.11. The summed E-state index contributed by atoms with van der Waals surface area (Å²) >= 11 is 0. The number of hydrazone groups is 1. The second-order valence-corrected chi connectivity index (χ2v) is 8.33. The smallest absolute Gasteiger partial charge is 0.263 e. The van der Waals surface area contributed by atoms with Gasteiger partial charge in [-0.1, -0.05) is 29.8 Å². The van der Waals surface area contributed by atoms with Crippen molar-refractivity contribution in [2.75, 3.05) is 17.7 Å². The Balaban J connectivity index is 2.21. The monoisotopic (exact) mass is 403 g/mol. The van der Waals surface area contributed by atoms with Crippen LogP contribution in [0.1, 0.15) is 25.0 Å². The predicted molar refractivity (Wildman–Crippen MR) is 111 cm³/mol. The van der Waals surface area contributed by atoms with E-state index in [-0.39, 0.29) is 0 Å². The molecule has 7 nitrogen and oxygen atoms in total. The number of rotatable bonds is 7. The van der Waals surface area contributed by atoms with Gasteiger partial charge in [0.25, 0.3) is 5.91 Å². The lowest BCUT2D eigenvalue weighted by Crippen LogP contribution is -2.46. The molecule has 1 atom stereocenters. The third kappa shape index (κ3) is 5.32. The minimum atomic E-state index is -3.69. The number of anilines is 1. The summed E-state index contributed by atoms with van der Waals surface area (Å²) in [5.41, 5.74) is 5.44. The summed E-state index contributed by atoms with van der Waals surface area (Å²) in [7, 11) is -2.17. The SMILES string of the molecule is COc1ccc(N([C@@H](C)C(=O)N/N=C(/C)c2ccc(C)cc2)S(C)(=O)=O)cc1. The molecule has 0 saturated heterocycles. The quantitative estimate of drug-likeness (QED) is 0.569. The van der Waals surface area contributed by atoms with Crippen LogP contribution in [-0.2, 0) is 14.8 Å². The van der Waals surface area contributed by atoms with Gasteiger partial charge in [0.15, 0.2) is 0 Å². The second kappa shape index (κ2) is 8.88. The van der Waals surface area contributed by atoms with E-state index >= 15 is 0 Å². The van der Waals surface area contributed by atoms with Crippen LogP contribution in [0.2, 0.25) is 0 Å². The van der Waals surface area contributed by atoms with E-state index in [1.807, 2.05) is 31.2 Å². The minimum Gasteiger partial charge on any atom is -0.497 e. The molecule has 0 fully saturated rings. The Hall–Kier alpha value is -2.87. The molecule has 8 heteroatoms. The molecular formula is C20H25N3O4S. The first-order valence-electron chi connectivity index (χ1n) is 8.68. The molecule has 2 rings (SSSR count). The van der Waals surface area contributed by atoms with Gasteiger partial charge in [-0.25, -0.2) is 13.8 Å². The zero-order valence-electron chi connectivity index (χ0n) is 16.6. The highest BCUT2D eigenvalue weighted by atomic mass is 32.2. The second-order valence-electron chi connectivity index (χ2n) is 6.47. The summed E-state index contributed by atoms with van der Waals surface area (Å²) < 4.78 is 30.8. The lowest BCUT2D eigenvalue weighted by atomic mass is 10.1. The van der Waals surface area contributed by atoms with E-state index in [0.717, 1.165) is 21.7 Å². The number of methoxy groups -OCH3 is 1. The maximum absolute atomic E-state index is 12.6. The highest BCUT2D eigenvalue weighted by molar-refractivity contribution is 7.92. The molecule has 0 saturated carbocycles. The summed E-state index contributed by atoms with van der Waals surface area (Å²) in [4.78, 5) is 12.6. The van der Waals surface area contributed by atoms with Crippen molar-refractivity contribution in [3.05, 3.63) is 59.7 Å². The molecule has 2 aromatic carbocycles. The van der Waals surface area contributed by atoms with Gasteiger partial charge in [0.1, 0.15) is 11.8 Å². The average molecular weight is 404 g/mol. The first-order valence-corrected chi connectivity index (χ1v) is 10.5. The Labute approximate surface area is 166 Å². The van der Waals surface area contributed by atoms with Crippen molar-refractivity contribution >= 4 is 27.3 Å². The maximum atomic E-state index is 12.6. The van der Waals surface area contributed by atoms with Gasteiger partial charge in [0.05, 0.1) is 24.8 Å². The Kier molecular flexibility index (Phi) is 6.80. The largest absolute Gasteiger partial charge is 0.497 e. The molecule has 0 bridgehead atoms. The molecule has 0 radical (unpaired) electrons. The first-order chi connectivity index (χ1) is 13.1. The molecule has 0 aliphatic heterocycles. The van der Waals surface area contributed by atoms with E-state index in [4.69, 9.17) is 4.74 Å². The summed E-state index contributed by atoms with van der Waals surface area (Å²) in [5.74, 6) is 0.0559. The molecule has 0 aliphatic carbocycles. The van der Waals surface area contributed by atoms with Crippen molar-refractivity contribution in [2.45, 2.75) is 26.8 Å². The number of amides is 1. The summed E-state index contributed by atoms with van der Waals surface area (Å²) in [6, 6.07) is 13.2. The van der Waals surface area contributed by atoms with E-state index in [0.29, 0.717) is 17.1 Å². The van der Waals surface area contributed by atoms with E-state index < -0.39 is 22.0 Å². The number of nitrogens with zero attached hydrogens (tertiary/aromatic N) is 2. The van der Waals surface area contributed by atoms with Crippen molar-refractivity contribution in [3.8, 4) is 5.75 Å². The summed E-state index contributed by atoms with van der Waals surface area (Å²) in [6.45, 7) is 5.27. The van der Waals surface area contributed by atoms with E-state index in [9.17, 15) is 13.2 Å². The van der Waals surface area contributed by atoms with Gasteiger partial charge in [-0.15, -0.1) is 0 Å². The van der Waals surface area contributed by atoms with Crippen LogP contribution in [0.4, 0.5) is 5.69 Å². The average Bonchev–Trinajstić information content (AvgIpc) is 2.66. The van der Waals surface area contributed by atoms with Crippen LogP contribution in [0.5, 0.6) is 5.75 Å². The Morgan fingerprint density at radius 3 is 2.18 bits per heavy atom. The minimum absolute atomic E-state index is 0.366. The highest BCUT2D eigenvalue weighted by Crippen LogP contribution is 2.23. The zero-order valence-corrected chi connectivity index (χ0v) is 17.4. The molecular weight excluding hydrogens is 378 g/mol. The number of carbonyl (C=O) groups is 1. The lowest BCUT2D eigenvalue weighted by molar-refractivity contribution is -0.121. The van der Waals surface area contributed by atoms with Gasteiger partial charge in [0.2, 0.25) is 10.0 Å². The number of sulfonamides is 1. The topological polar surface area (TPSA) is 88.1 Å². The van der Waals surface area contributed by atoms with Gasteiger partial charge in [0, 0.05) is 0 Å². The van der Waals surface area contributed by atoms with Crippen LogP contribution in [0, 0.1) is 6.92 Å². The molecule has 0 heterocycles.